The monoisotopic (exact) mass is 407 g/mol. The molecule has 6 aliphatic rings. The molecule has 0 aromatic rings. The van der Waals surface area contributed by atoms with Crippen LogP contribution in [0.4, 0.5) is 0 Å². The minimum Gasteiger partial charge on any atom is -0.481 e. The molecule has 1 radical (unpaired) electrons. The zero-order valence-electron chi connectivity index (χ0n) is 18.0. The molecule has 5 heteroatoms. The van der Waals surface area contributed by atoms with Gasteiger partial charge in [0, 0.05) is 42.4 Å². The second-order valence-corrected chi connectivity index (χ2v) is 11.5. The van der Waals surface area contributed by atoms with Crippen LogP contribution < -0.4 is 0 Å². The zero-order chi connectivity index (χ0) is 19.6. The van der Waals surface area contributed by atoms with Crippen molar-refractivity contribution >= 4 is 41.3 Å². The summed E-state index contributed by atoms with van der Waals surface area (Å²) < 4.78 is 0. The van der Waals surface area contributed by atoms with E-state index in [1.165, 1.54) is 12.0 Å². The predicted octanol–water partition coefficient (Wildman–Crippen LogP) is 3.45. The number of ketones is 1. The van der Waals surface area contributed by atoms with Gasteiger partial charge >= 0.3 is 5.97 Å². The second kappa shape index (κ2) is 6.21. The molecule has 6 rings (SSSR count). The van der Waals surface area contributed by atoms with Crippen LogP contribution in [0.1, 0.15) is 65.2 Å². The molecule has 5 fully saturated rings. The molecule has 0 spiro atoms. The van der Waals surface area contributed by atoms with Gasteiger partial charge in [0.2, 0.25) is 0 Å². The normalized spacial score (nSPS) is 55.9. The Morgan fingerprint density at radius 2 is 1.93 bits per heavy atom. The number of aliphatic carboxylic acids is 1. The number of rotatable bonds is 3. The third-order valence-electron chi connectivity index (χ3n) is 10.6. The Hall–Kier alpha value is -0.160. The van der Waals surface area contributed by atoms with Crippen molar-refractivity contribution in [2.24, 2.45) is 52.3 Å². The Kier molecular flexibility index (Phi) is 4.44. The van der Waals surface area contributed by atoms with E-state index >= 15 is 0 Å². The van der Waals surface area contributed by atoms with E-state index in [9.17, 15) is 19.8 Å². The van der Waals surface area contributed by atoms with E-state index in [1.54, 1.807) is 0 Å². The van der Waals surface area contributed by atoms with Crippen LogP contribution in [0, 0.1) is 52.3 Å². The van der Waals surface area contributed by atoms with Gasteiger partial charge in [-0.15, -0.1) is 0 Å². The SMILES string of the molecule is C[C@]12CCC(=O)C=C1[C@@H]1C[C@@H]1[C@H]1[C@@H]3[C@@H]4C[C@@H]4[C@@](O)(CCC(=O)O)[C@@]3(C)CC[C@@H]12.[Na]. The molecule has 0 heterocycles. The van der Waals surface area contributed by atoms with Gasteiger partial charge in [-0.2, -0.15) is 0 Å². The fraction of sp³-hybridized carbons (Fsp3) is 0.833. The van der Waals surface area contributed by atoms with E-state index in [2.05, 4.69) is 13.8 Å². The first-order chi connectivity index (χ1) is 13.2. The zero-order valence-corrected chi connectivity index (χ0v) is 20.0. The number of hydrogen-bond acceptors (Lipinski definition) is 3. The topological polar surface area (TPSA) is 74.6 Å². The minimum absolute atomic E-state index is 0. The summed E-state index contributed by atoms with van der Waals surface area (Å²) >= 11 is 0. The molecule has 0 saturated heterocycles. The molecule has 2 N–H and O–H groups in total. The van der Waals surface area contributed by atoms with Crippen LogP contribution in [0.3, 0.4) is 0 Å². The van der Waals surface area contributed by atoms with Gasteiger partial charge in [0.25, 0.3) is 0 Å². The van der Waals surface area contributed by atoms with Crippen molar-refractivity contribution in [1.82, 2.24) is 0 Å². The Morgan fingerprint density at radius 3 is 2.66 bits per heavy atom. The third-order valence-corrected chi connectivity index (χ3v) is 10.6. The van der Waals surface area contributed by atoms with E-state index in [1.807, 2.05) is 6.08 Å². The van der Waals surface area contributed by atoms with Gasteiger partial charge in [-0.3, -0.25) is 9.59 Å². The van der Waals surface area contributed by atoms with Gasteiger partial charge < -0.3 is 10.2 Å². The van der Waals surface area contributed by atoms with Crippen LogP contribution in [0.15, 0.2) is 11.6 Å². The molecule has 29 heavy (non-hydrogen) atoms. The van der Waals surface area contributed by atoms with Crippen molar-refractivity contribution in [3.63, 3.8) is 0 Å². The molecule has 0 aliphatic heterocycles. The van der Waals surface area contributed by atoms with Gasteiger partial charge in [-0.05, 0) is 96.9 Å². The van der Waals surface area contributed by atoms with Gasteiger partial charge in [0.05, 0.1) is 5.60 Å². The quantitative estimate of drug-likeness (QED) is 0.703. The van der Waals surface area contributed by atoms with Crippen molar-refractivity contribution in [3.8, 4) is 0 Å². The molecule has 153 valence electrons. The molecule has 6 aliphatic carbocycles. The third kappa shape index (κ3) is 2.46. The number of aliphatic hydroxyl groups is 1. The van der Waals surface area contributed by atoms with E-state index in [0.29, 0.717) is 60.1 Å². The maximum Gasteiger partial charge on any atom is 0.303 e. The number of fused-ring (bicyclic) bond motifs is 10. The summed E-state index contributed by atoms with van der Waals surface area (Å²) in [5, 5.41) is 21.1. The van der Waals surface area contributed by atoms with Crippen LogP contribution in [-0.4, -0.2) is 57.1 Å². The molecule has 0 unspecified atom stereocenters. The summed E-state index contributed by atoms with van der Waals surface area (Å²) in [6.45, 7) is 4.72. The van der Waals surface area contributed by atoms with Crippen molar-refractivity contribution < 1.29 is 19.8 Å². The maximum absolute atomic E-state index is 12.1. The van der Waals surface area contributed by atoms with Crippen molar-refractivity contribution in [1.29, 1.82) is 0 Å². The standard InChI is InChI=1S/C24H32O4.Na/c1-22-6-3-12(25)9-17(22)13-10-14(13)20-16(22)4-7-23(2)21(20)15-11-18(15)24(23,28)8-5-19(26)27;/h9,13-16,18,20-21,28H,3-8,10-11H2,1-2H3,(H,26,27);/t13-,14+,15-,16+,18+,20-,21+,22-,23+,24+;/m1./s1. The summed E-state index contributed by atoms with van der Waals surface area (Å²) in [7, 11) is 0. The van der Waals surface area contributed by atoms with Crippen molar-refractivity contribution in [3.05, 3.63) is 11.6 Å². The van der Waals surface area contributed by atoms with Crippen LogP contribution in [0.5, 0.6) is 0 Å². The molecule has 0 aromatic heterocycles. The average molecular weight is 408 g/mol. The van der Waals surface area contributed by atoms with Crippen molar-refractivity contribution in [2.75, 3.05) is 0 Å². The number of hydrogen-bond donors (Lipinski definition) is 2. The first kappa shape index (κ1) is 20.7. The summed E-state index contributed by atoms with van der Waals surface area (Å²) in [5.41, 5.74) is 0.705. The maximum atomic E-state index is 12.1. The largest absolute Gasteiger partial charge is 0.481 e. The Balaban J connectivity index is 0.00000181. The molecule has 5 saturated carbocycles. The van der Waals surface area contributed by atoms with Crippen LogP contribution >= 0.6 is 0 Å². The number of carboxylic acid groups (broad SMARTS) is 1. The number of allylic oxidation sites excluding steroid dienone is 1. The first-order valence-corrected chi connectivity index (χ1v) is 11.4. The molecule has 4 nitrogen and oxygen atoms in total. The van der Waals surface area contributed by atoms with Crippen molar-refractivity contribution in [2.45, 2.75) is 70.8 Å². The van der Waals surface area contributed by atoms with Crippen LogP contribution in [0.25, 0.3) is 0 Å². The summed E-state index contributed by atoms with van der Waals surface area (Å²) in [6.07, 6.45) is 8.65. The van der Waals surface area contributed by atoms with Gasteiger partial charge in [0.1, 0.15) is 0 Å². The smallest absolute Gasteiger partial charge is 0.303 e. The molecular formula is C24H32NaO4. The molecule has 0 aromatic carbocycles. The summed E-state index contributed by atoms with van der Waals surface area (Å²) in [4.78, 5) is 23.4. The Bertz CT molecular complexity index is 822. The van der Waals surface area contributed by atoms with E-state index in [-0.39, 0.29) is 46.8 Å². The molecule has 0 amide bonds. The fourth-order valence-corrected chi connectivity index (χ4v) is 9.28. The second-order valence-electron chi connectivity index (χ2n) is 11.5. The molecule has 10 atom stereocenters. The number of carbonyl (C=O) groups excluding carboxylic acids is 1. The minimum atomic E-state index is -0.796. The Morgan fingerprint density at radius 1 is 1.17 bits per heavy atom. The van der Waals surface area contributed by atoms with E-state index in [0.717, 1.165) is 25.7 Å². The summed E-state index contributed by atoms with van der Waals surface area (Å²) in [5.74, 6) is 3.58. The van der Waals surface area contributed by atoms with E-state index < -0.39 is 11.6 Å². The Labute approximate surface area is 195 Å². The first-order valence-electron chi connectivity index (χ1n) is 11.4. The van der Waals surface area contributed by atoms with E-state index in [4.69, 9.17) is 0 Å². The molecule has 0 bridgehead atoms. The molecular weight excluding hydrogens is 375 g/mol. The summed E-state index contributed by atoms with van der Waals surface area (Å²) in [6, 6.07) is 0. The van der Waals surface area contributed by atoms with Gasteiger partial charge in [0.15, 0.2) is 5.78 Å². The number of carboxylic acids is 1. The predicted molar refractivity (Wildman–Crippen MR) is 109 cm³/mol. The fourth-order valence-electron chi connectivity index (χ4n) is 9.28. The van der Waals surface area contributed by atoms with Crippen LogP contribution in [-0.2, 0) is 9.59 Å². The van der Waals surface area contributed by atoms with Gasteiger partial charge in [-0.25, -0.2) is 0 Å². The van der Waals surface area contributed by atoms with Crippen LogP contribution in [0.2, 0.25) is 0 Å². The van der Waals surface area contributed by atoms with Gasteiger partial charge in [-0.1, -0.05) is 19.4 Å². The average Bonchev–Trinajstić information content (AvgIpc) is 3.53. The number of carbonyl (C=O) groups is 2.